The molecule has 2 heteroatoms. The van der Waals surface area contributed by atoms with Crippen LogP contribution < -0.4 is 0 Å². The summed E-state index contributed by atoms with van der Waals surface area (Å²) in [6, 6.07) is 0. The standard InChI is InChI=1S/C11H20OS/c1-9(2)5-4-6-10(3)7-11(12)8-13/h5,7,11-13H,4,6,8H2,1-3H3/b10-7+. The van der Waals surface area contributed by atoms with Gasteiger partial charge in [0, 0.05) is 5.75 Å². The average Bonchev–Trinajstić information content (AvgIpc) is 2.03. The van der Waals surface area contributed by atoms with Crippen molar-refractivity contribution >= 4 is 12.6 Å². The van der Waals surface area contributed by atoms with Crippen LogP contribution in [0.4, 0.5) is 0 Å². The maximum Gasteiger partial charge on any atom is 0.0811 e. The second kappa shape index (κ2) is 7.22. The fourth-order valence-electron chi connectivity index (χ4n) is 1.05. The minimum absolute atomic E-state index is 0.393. The highest BCUT2D eigenvalue weighted by Gasteiger charge is 1.96. The van der Waals surface area contributed by atoms with Gasteiger partial charge in [-0.25, -0.2) is 0 Å². The van der Waals surface area contributed by atoms with Gasteiger partial charge in [0.2, 0.25) is 0 Å². The molecule has 0 aromatic heterocycles. The summed E-state index contributed by atoms with van der Waals surface area (Å²) in [7, 11) is 0. The molecule has 0 aromatic carbocycles. The average molecular weight is 200 g/mol. The predicted octanol–water partition coefficient (Wildman–Crippen LogP) is 2.97. The first kappa shape index (κ1) is 12.8. The summed E-state index contributed by atoms with van der Waals surface area (Å²) in [5.74, 6) is 0.500. The second-order valence-corrected chi connectivity index (χ2v) is 3.95. The minimum Gasteiger partial charge on any atom is -0.388 e. The third-order valence-corrected chi connectivity index (χ3v) is 2.13. The van der Waals surface area contributed by atoms with E-state index in [2.05, 4.69) is 32.6 Å². The molecule has 13 heavy (non-hydrogen) atoms. The molecular weight excluding hydrogens is 180 g/mol. The molecule has 0 aromatic rings. The van der Waals surface area contributed by atoms with E-state index >= 15 is 0 Å². The van der Waals surface area contributed by atoms with E-state index in [1.165, 1.54) is 11.1 Å². The van der Waals surface area contributed by atoms with Gasteiger partial charge >= 0.3 is 0 Å². The fourth-order valence-corrected chi connectivity index (χ4v) is 1.16. The molecule has 0 amide bonds. The van der Waals surface area contributed by atoms with Crippen molar-refractivity contribution in [2.45, 2.75) is 39.7 Å². The molecule has 0 aliphatic heterocycles. The van der Waals surface area contributed by atoms with Crippen molar-refractivity contribution in [3.8, 4) is 0 Å². The lowest BCUT2D eigenvalue weighted by atomic mass is 10.1. The number of allylic oxidation sites excluding steroid dienone is 3. The van der Waals surface area contributed by atoms with Crippen LogP contribution in [0, 0.1) is 0 Å². The molecule has 0 radical (unpaired) electrons. The zero-order chi connectivity index (χ0) is 10.3. The molecule has 1 nitrogen and oxygen atoms in total. The van der Waals surface area contributed by atoms with Crippen LogP contribution in [-0.2, 0) is 0 Å². The van der Waals surface area contributed by atoms with E-state index in [9.17, 15) is 5.11 Å². The Hall–Kier alpha value is -0.210. The Morgan fingerprint density at radius 3 is 2.46 bits per heavy atom. The van der Waals surface area contributed by atoms with Crippen LogP contribution in [0.5, 0.6) is 0 Å². The summed E-state index contributed by atoms with van der Waals surface area (Å²) < 4.78 is 0. The molecule has 76 valence electrons. The molecule has 0 saturated heterocycles. The Bertz CT molecular complexity index is 190. The lowest BCUT2D eigenvalue weighted by Crippen LogP contribution is -2.04. The van der Waals surface area contributed by atoms with Crippen molar-refractivity contribution < 1.29 is 5.11 Å². The highest BCUT2D eigenvalue weighted by atomic mass is 32.1. The van der Waals surface area contributed by atoms with Gasteiger partial charge in [0.05, 0.1) is 6.10 Å². The quantitative estimate of drug-likeness (QED) is 0.516. The van der Waals surface area contributed by atoms with Crippen LogP contribution in [0.25, 0.3) is 0 Å². The smallest absolute Gasteiger partial charge is 0.0811 e. The summed E-state index contributed by atoms with van der Waals surface area (Å²) in [5, 5.41) is 9.27. The van der Waals surface area contributed by atoms with Crippen LogP contribution in [0.2, 0.25) is 0 Å². The third kappa shape index (κ3) is 8.13. The van der Waals surface area contributed by atoms with E-state index in [0.29, 0.717) is 5.75 Å². The predicted molar refractivity (Wildman–Crippen MR) is 62.3 cm³/mol. The highest BCUT2D eigenvalue weighted by Crippen LogP contribution is 2.07. The monoisotopic (exact) mass is 200 g/mol. The normalized spacial score (nSPS) is 14.1. The van der Waals surface area contributed by atoms with Gasteiger partial charge in [-0.15, -0.1) is 0 Å². The van der Waals surface area contributed by atoms with Gasteiger partial charge in [-0.2, -0.15) is 12.6 Å². The van der Waals surface area contributed by atoms with Gasteiger partial charge in [0.25, 0.3) is 0 Å². The molecule has 1 unspecified atom stereocenters. The lowest BCUT2D eigenvalue weighted by molar-refractivity contribution is 0.248. The van der Waals surface area contributed by atoms with E-state index in [4.69, 9.17) is 0 Å². The molecule has 0 rings (SSSR count). The summed E-state index contributed by atoms with van der Waals surface area (Å²) in [6.07, 6.45) is 5.78. The molecule has 0 aliphatic rings. The van der Waals surface area contributed by atoms with E-state index in [-0.39, 0.29) is 0 Å². The summed E-state index contributed by atoms with van der Waals surface area (Å²) >= 11 is 4.01. The zero-order valence-corrected chi connectivity index (χ0v) is 9.64. The van der Waals surface area contributed by atoms with E-state index in [1.807, 2.05) is 13.0 Å². The van der Waals surface area contributed by atoms with E-state index < -0.39 is 6.10 Å². The SMILES string of the molecule is CC(C)=CCC/C(C)=C/C(O)CS. The lowest BCUT2D eigenvalue weighted by Gasteiger charge is -2.03. The summed E-state index contributed by atoms with van der Waals surface area (Å²) in [4.78, 5) is 0. The molecular formula is C11H20OS. The minimum atomic E-state index is -0.393. The Morgan fingerprint density at radius 1 is 1.38 bits per heavy atom. The molecule has 1 atom stereocenters. The van der Waals surface area contributed by atoms with Gasteiger partial charge in [-0.3, -0.25) is 0 Å². The summed E-state index contributed by atoms with van der Waals surface area (Å²) in [5.41, 5.74) is 2.58. The molecule has 0 saturated carbocycles. The summed E-state index contributed by atoms with van der Waals surface area (Å²) in [6.45, 7) is 6.24. The fraction of sp³-hybridized carbons (Fsp3) is 0.636. The first-order chi connectivity index (χ1) is 6.06. The van der Waals surface area contributed by atoms with Crippen molar-refractivity contribution in [3.63, 3.8) is 0 Å². The number of hydrogen-bond acceptors (Lipinski definition) is 2. The first-order valence-corrected chi connectivity index (χ1v) is 5.29. The van der Waals surface area contributed by atoms with E-state index in [0.717, 1.165) is 12.8 Å². The van der Waals surface area contributed by atoms with Crippen molar-refractivity contribution in [2.75, 3.05) is 5.75 Å². The van der Waals surface area contributed by atoms with Gasteiger partial charge in [-0.05, 0) is 33.6 Å². The largest absolute Gasteiger partial charge is 0.388 e. The van der Waals surface area contributed by atoms with Crippen molar-refractivity contribution in [1.82, 2.24) is 0 Å². The van der Waals surface area contributed by atoms with Gasteiger partial charge in [0.15, 0.2) is 0 Å². The third-order valence-electron chi connectivity index (χ3n) is 1.76. The first-order valence-electron chi connectivity index (χ1n) is 4.66. The molecule has 0 aliphatic carbocycles. The maximum atomic E-state index is 9.27. The Kier molecular flexibility index (Phi) is 7.10. The number of aliphatic hydroxyl groups is 1. The Balaban J connectivity index is 3.80. The van der Waals surface area contributed by atoms with Crippen LogP contribution in [-0.4, -0.2) is 17.0 Å². The van der Waals surface area contributed by atoms with Crippen LogP contribution in [0.1, 0.15) is 33.6 Å². The molecule has 1 N–H and O–H groups in total. The number of aliphatic hydroxyl groups excluding tert-OH is 1. The van der Waals surface area contributed by atoms with Gasteiger partial charge < -0.3 is 5.11 Å². The topological polar surface area (TPSA) is 20.2 Å². The Labute approximate surface area is 87.0 Å². The Morgan fingerprint density at radius 2 is 2.00 bits per heavy atom. The van der Waals surface area contributed by atoms with Gasteiger partial charge in [0.1, 0.15) is 0 Å². The van der Waals surface area contributed by atoms with Crippen molar-refractivity contribution in [3.05, 3.63) is 23.3 Å². The number of rotatable bonds is 5. The van der Waals surface area contributed by atoms with Crippen molar-refractivity contribution in [1.29, 1.82) is 0 Å². The van der Waals surface area contributed by atoms with Crippen LogP contribution in [0.3, 0.4) is 0 Å². The molecule has 0 bridgehead atoms. The number of hydrogen-bond donors (Lipinski definition) is 2. The van der Waals surface area contributed by atoms with Crippen LogP contribution >= 0.6 is 12.6 Å². The highest BCUT2D eigenvalue weighted by molar-refractivity contribution is 7.80. The maximum absolute atomic E-state index is 9.27. The molecule has 0 spiro atoms. The van der Waals surface area contributed by atoms with Crippen LogP contribution in [0.15, 0.2) is 23.3 Å². The van der Waals surface area contributed by atoms with Crippen molar-refractivity contribution in [2.24, 2.45) is 0 Å². The molecule has 0 heterocycles. The van der Waals surface area contributed by atoms with E-state index in [1.54, 1.807) is 0 Å². The van der Waals surface area contributed by atoms with Gasteiger partial charge in [-0.1, -0.05) is 23.3 Å². The second-order valence-electron chi connectivity index (χ2n) is 3.58. The molecule has 0 fully saturated rings. The number of thiol groups is 1. The zero-order valence-electron chi connectivity index (χ0n) is 8.75.